The molecule has 160 valence electrons. The summed E-state index contributed by atoms with van der Waals surface area (Å²) in [6.07, 6.45) is 4.94. The molecule has 2 aromatic heterocycles. The van der Waals surface area contributed by atoms with E-state index in [0.29, 0.717) is 30.4 Å². The fourth-order valence-corrected chi connectivity index (χ4v) is 3.84. The largest absolute Gasteiger partial charge is 0.337 e. The van der Waals surface area contributed by atoms with Gasteiger partial charge in [-0.15, -0.1) is 0 Å². The van der Waals surface area contributed by atoms with E-state index < -0.39 is 0 Å². The van der Waals surface area contributed by atoms with Crippen molar-refractivity contribution in [1.29, 1.82) is 0 Å². The SMILES string of the molecule is CC(C)c1ccc(NC(=O)C2CCCN(C(=O)c3cc(-c4ccncc4)n[nH]3)C2)cc1. The van der Waals surface area contributed by atoms with E-state index in [-0.39, 0.29) is 17.7 Å². The van der Waals surface area contributed by atoms with Gasteiger partial charge in [-0.1, -0.05) is 26.0 Å². The Morgan fingerprint density at radius 3 is 2.58 bits per heavy atom. The zero-order valence-electron chi connectivity index (χ0n) is 17.8. The summed E-state index contributed by atoms with van der Waals surface area (Å²) >= 11 is 0. The number of aromatic nitrogens is 3. The van der Waals surface area contributed by atoms with Crippen molar-refractivity contribution in [2.75, 3.05) is 18.4 Å². The quantitative estimate of drug-likeness (QED) is 0.654. The number of nitrogens with zero attached hydrogens (tertiary/aromatic N) is 3. The Kier molecular flexibility index (Phi) is 6.11. The molecule has 7 heteroatoms. The van der Waals surface area contributed by atoms with Gasteiger partial charge in [-0.2, -0.15) is 5.10 Å². The van der Waals surface area contributed by atoms with Crippen LogP contribution >= 0.6 is 0 Å². The number of aromatic amines is 1. The molecule has 7 nitrogen and oxygen atoms in total. The summed E-state index contributed by atoms with van der Waals surface area (Å²) in [6.45, 7) is 5.31. The molecule has 1 fully saturated rings. The highest BCUT2D eigenvalue weighted by Gasteiger charge is 2.29. The zero-order valence-corrected chi connectivity index (χ0v) is 17.8. The first kappa shape index (κ1) is 20.8. The first-order chi connectivity index (χ1) is 15.0. The number of carbonyl (C=O) groups excluding carboxylic acids is 2. The minimum Gasteiger partial charge on any atom is -0.337 e. The van der Waals surface area contributed by atoms with Gasteiger partial charge in [0.15, 0.2) is 0 Å². The molecule has 1 atom stereocenters. The normalized spacial score (nSPS) is 16.4. The lowest BCUT2D eigenvalue weighted by Crippen LogP contribution is -2.43. The maximum absolute atomic E-state index is 13.0. The molecule has 2 amide bonds. The van der Waals surface area contributed by atoms with Crippen LogP contribution < -0.4 is 5.32 Å². The summed E-state index contributed by atoms with van der Waals surface area (Å²) in [7, 11) is 0. The molecule has 4 rings (SSSR count). The van der Waals surface area contributed by atoms with Gasteiger partial charge in [0.1, 0.15) is 5.69 Å². The van der Waals surface area contributed by atoms with E-state index in [1.165, 1.54) is 5.56 Å². The molecule has 3 heterocycles. The standard InChI is InChI=1S/C24H27N5O2/c1-16(2)17-5-7-20(8-6-17)26-23(30)19-4-3-13-29(15-19)24(31)22-14-21(27-28-22)18-9-11-25-12-10-18/h5-12,14,16,19H,3-4,13,15H2,1-2H3,(H,26,30)(H,27,28). The molecule has 1 saturated heterocycles. The number of piperidine rings is 1. The lowest BCUT2D eigenvalue weighted by molar-refractivity contribution is -0.121. The molecule has 1 aliphatic rings. The smallest absolute Gasteiger partial charge is 0.271 e. The maximum Gasteiger partial charge on any atom is 0.271 e. The fraction of sp³-hybridized carbons (Fsp3) is 0.333. The van der Waals surface area contributed by atoms with Gasteiger partial charge in [-0.25, -0.2) is 0 Å². The Labute approximate surface area is 181 Å². The van der Waals surface area contributed by atoms with Crippen molar-refractivity contribution in [1.82, 2.24) is 20.1 Å². The van der Waals surface area contributed by atoms with Gasteiger partial charge in [0.2, 0.25) is 5.91 Å². The molecule has 2 N–H and O–H groups in total. The van der Waals surface area contributed by atoms with Crippen LogP contribution in [0, 0.1) is 5.92 Å². The molecule has 31 heavy (non-hydrogen) atoms. The Balaban J connectivity index is 1.39. The summed E-state index contributed by atoms with van der Waals surface area (Å²) in [5.74, 6) is 0.0396. The third-order valence-electron chi connectivity index (χ3n) is 5.71. The molecule has 1 unspecified atom stereocenters. The number of H-pyrrole nitrogens is 1. The second-order valence-corrected chi connectivity index (χ2v) is 8.26. The number of nitrogens with one attached hydrogen (secondary N) is 2. The molecule has 0 radical (unpaired) electrons. The number of hydrogen-bond donors (Lipinski definition) is 2. The van der Waals surface area contributed by atoms with Gasteiger partial charge in [0, 0.05) is 36.7 Å². The van der Waals surface area contributed by atoms with Gasteiger partial charge in [-0.05, 0) is 54.7 Å². The average Bonchev–Trinajstić information content (AvgIpc) is 3.30. The number of pyridine rings is 1. The second-order valence-electron chi connectivity index (χ2n) is 8.26. The third-order valence-corrected chi connectivity index (χ3v) is 5.71. The number of likely N-dealkylation sites (tertiary alicyclic amines) is 1. The maximum atomic E-state index is 13.0. The second kappa shape index (κ2) is 9.12. The van der Waals surface area contributed by atoms with Gasteiger partial charge in [-0.3, -0.25) is 19.7 Å². The van der Waals surface area contributed by atoms with Gasteiger partial charge in [0.05, 0.1) is 11.6 Å². The number of anilines is 1. The van der Waals surface area contributed by atoms with Crippen molar-refractivity contribution in [3.8, 4) is 11.3 Å². The molecular weight excluding hydrogens is 390 g/mol. The van der Waals surface area contributed by atoms with Crippen LogP contribution in [0.25, 0.3) is 11.3 Å². The minimum absolute atomic E-state index is 0.0446. The lowest BCUT2D eigenvalue weighted by Gasteiger charge is -2.31. The lowest BCUT2D eigenvalue weighted by atomic mass is 9.96. The van der Waals surface area contributed by atoms with Crippen LogP contribution in [-0.4, -0.2) is 45.0 Å². The highest BCUT2D eigenvalue weighted by Crippen LogP contribution is 2.23. The van der Waals surface area contributed by atoms with Gasteiger partial charge >= 0.3 is 0 Å². The monoisotopic (exact) mass is 417 g/mol. The summed E-state index contributed by atoms with van der Waals surface area (Å²) in [4.78, 5) is 31.5. The fourth-order valence-electron chi connectivity index (χ4n) is 3.84. The van der Waals surface area contributed by atoms with Crippen molar-refractivity contribution in [3.05, 3.63) is 66.1 Å². The van der Waals surface area contributed by atoms with Crippen molar-refractivity contribution in [2.24, 2.45) is 5.92 Å². The van der Waals surface area contributed by atoms with Crippen LogP contribution in [-0.2, 0) is 4.79 Å². The van der Waals surface area contributed by atoms with Crippen LogP contribution in [0.3, 0.4) is 0 Å². The van der Waals surface area contributed by atoms with E-state index >= 15 is 0 Å². The number of carbonyl (C=O) groups is 2. The van der Waals surface area contributed by atoms with Gasteiger partial charge < -0.3 is 10.2 Å². The van der Waals surface area contributed by atoms with Crippen LogP contribution in [0.15, 0.2) is 54.9 Å². The minimum atomic E-state index is -0.231. The van der Waals surface area contributed by atoms with Crippen LogP contribution in [0.1, 0.15) is 48.7 Å². The third kappa shape index (κ3) is 4.82. The summed E-state index contributed by atoms with van der Waals surface area (Å²) in [6, 6.07) is 13.4. The Morgan fingerprint density at radius 1 is 1.13 bits per heavy atom. The van der Waals surface area contributed by atoms with E-state index in [0.717, 1.165) is 24.1 Å². The molecule has 0 aliphatic carbocycles. The van der Waals surface area contributed by atoms with Crippen LogP contribution in [0.2, 0.25) is 0 Å². The summed E-state index contributed by atoms with van der Waals surface area (Å²) in [5, 5.41) is 10.1. The van der Waals surface area contributed by atoms with Crippen molar-refractivity contribution >= 4 is 17.5 Å². The summed E-state index contributed by atoms with van der Waals surface area (Å²) in [5.41, 5.74) is 4.04. The first-order valence-electron chi connectivity index (χ1n) is 10.7. The molecule has 0 spiro atoms. The number of amides is 2. The van der Waals surface area contributed by atoms with Crippen molar-refractivity contribution < 1.29 is 9.59 Å². The van der Waals surface area contributed by atoms with E-state index in [1.54, 1.807) is 23.4 Å². The Bertz CT molecular complexity index is 1040. The van der Waals surface area contributed by atoms with Crippen molar-refractivity contribution in [3.63, 3.8) is 0 Å². The van der Waals surface area contributed by atoms with Crippen molar-refractivity contribution in [2.45, 2.75) is 32.6 Å². The van der Waals surface area contributed by atoms with Crippen LogP contribution in [0.4, 0.5) is 5.69 Å². The molecule has 1 aromatic carbocycles. The topological polar surface area (TPSA) is 91.0 Å². The predicted octanol–water partition coefficient (Wildman–Crippen LogP) is 4.09. The molecule has 0 saturated carbocycles. The number of hydrogen-bond acceptors (Lipinski definition) is 4. The first-order valence-corrected chi connectivity index (χ1v) is 10.7. The highest BCUT2D eigenvalue weighted by atomic mass is 16.2. The molecule has 1 aliphatic heterocycles. The Hall–Kier alpha value is -3.48. The highest BCUT2D eigenvalue weighted by molar-refractivity contribution is 5.95. The van der Waals surface area contributed by atoms with E-state index in [4.69, 9.17) is 0 Å². The van der Waals surface area contributed by atoms with E-state index in [9.17, 15) is 9.59 Å². The van der Waals surface area contributed by atoms with E-state index in [1.807, 2.05) is 36.4 Å². The Morgan fingerprint density at radius 2 is 1.87 bits per heavy atom. The predicted molar refractivity (Wildman–Crippen MR) is 120 cm³/mol. The number of rotatable bonds is 5. The number of benzene rings is 1. The zero-order chi connectivity index (χ0) is 21.8. The molecule has 3 aromatic rings. The van der Waals surface area contributed by atoms with E-state index in [2.05, 4.69) is 34.3 Å². The van der Waals surface area contributed by atoms with Crippen LogP contribution in [0.5, 0.6) is 0 Å². The summed E-state index contributed by atoms with van der Waals surface area (Å²) < 4.78 is 0. The molecule has 0 bridgehead atoms. The van der Waals surface area contributed by atoms with Gasteiger partial charge in [0.25, 0.3) is 5.91 Å². The molecular formula is C24H27N5O2. The average molecular weight is 418 g/mol.